The average molecular weight is 308 g/mol. The number of nitrogens with one attached hydrogen (secondary N) is 2. The molecule has 0 aliphatic heterocycles. The van der Waals surface area contributed by atoms with Crippen LogP contribution < -0.4 is 10.2 Å². The molecule has 0 aliphatic carbocycles. The van der Waals surface area contributed by atoms with Gasteiger partial charge in [-0.15, -0.1) is 0 Å². The summed E-state index contributed by atoms with van der Waals surface area (Å²) in [5.74, 6) is 0.0176. The van der Waals surface area contributed by atoms with Crippen LogP contribution in [0, 0.1) is 6.92 Å². The summed E-state index contributed by atoms with van der Waals surface area (Å²) in [6.07, 6.45) is 1.77. The van der Waals surface area contributed by atoms with Crippen LogP contribution >= 0.6 is 0 Å². The van der Waals surface area contributed by atoms with Gasteiger partial charge in [0.1, 0.15) is 0 Å². The van der Waals surface area contributed by atoms with Crippen LogP contribution in [-0.4, -0.2) is 29.2 Å². The maximum atomic E-state index is 12.8. The van der Waals surface area contributed by atoms with Crippen LogP contribution in [0.25, 0.3) is 10.9 Å². The van der Waals surface area contributed by atoms with E-state index in [1.807, 2.05) is 56.3 Å². The van der Waals surface area contributed by atoms with E-state index in [-0.39, 0.29) is 5.91 Å². The van der Waals surface area contributed by atoms with Crippen LogP contribution in [-0.2, 0) is 4.79 Å². The van der Waals surface area contributed by atoms with Gasteiger partial charge in [-0.1, -0.05) is 25.1 Å². The predicted molar refractivity (Wildman–Crippen MR) is 93.0 cm³/mol. The van der Waals surface area contributed by atoms with E-state index in [1.54, 1.807) is 11.1 Å². The maximum absolute atomic E-state index is 12.8. The molecule has 2 N–H and O–H groups in total. The number of carbonyl (C=O) groups is 1. The number of hydrogen-bond donors (Lipinski definition) is 2. The van der Waals surface area contributed by atoms with Gasteiger partial charge in [0, 0.05) is 11.1 Å². The number of carbonyl (C=O) groups excluding carboxylic acids is 1. The van der Waals surface area contributed by atoms with Crippen molar-refractivity contribution in [1.29, 1.82) is 0 Å². The number of H-pyrrole nitrogens is 1. The fourth-order valence-electron chi connectivity index (χ4n) is 2.61. The monoisotopic (exact) mass is 308 g/mol. The van der Waals surface area contributed by atoms with E-state index in [9.17, 15) is 4.79 Å². The zero-order valence-corrected chi connectivity index (χ0v) is 13.3. The van der Waals surface area contributed by atoms with Crippen molar-refractivity contribution in [3.8, 4) is 0 Å². The van der Waals surface area contributed by atoms with Gasteiger partial charge in [-0.25, -0.2) is 0 Å². The molecule has 0 radical (unpaired) electrons. The van der Waals surface area contributed by atoms with Crippen molar-refractivity contribution in [1.82, 2.24) is 15.5 Å². The third-order valence-electron chi connectivity index (χ3n) is 3.81. The van der Waals surface area contributed by atoms with Gasteiger partial charge in [-0.2, -0.15) is 5.10 Å². The normalized spacial score (nSPS) is 10.9. The largest absolute Gasteiger partial charge is 0.309 e. The Morgan fingerprint density at radius 2 is 2.09 bits per heavy atom. The van der Waals surface area contributed by atoms with Gasteiger partial charge in [-0.3, -0.25) is 14.8 Å². The molecule has 0 spiro atoms. The van der Waals surface area contributed by atoms with Crippen molar-refractivity contribution in [2.45, 2.75) is 13.8 Å². The Morgan fingerprint density at radius 3 is 2.87 bits per heavy atom. The van der Waals surface area contributed by atoms with Crippen LogP contribution in [0.1, 0.15) is 12.5 Å². The smallest absolute Gasteiger partial charge is 0.245 e. The van der Waals surface area contributed by atoms with E-state index in [0.29, 0.717) is 6.54 Å². The molecule has 5 heteroatoms. The lowest BCUT2D eigenvalue weighted by Gasteiger charge is -2.25. The molecule has 118 valence electrons. The zero-order valence-electron chi connectivity index (χ0n) is 13.3. The fraction of sp³-hybridized carbons (Fsp3) is 0.222. The minimum atomic E-state index is 0.0176. The third kappa shape index (κ3) is 3.10. The lowest BCUT2D eigenvalue weighted by Crippen LogP contribution is -2.35. The summed E-state index contributed by atoms with van der Waals surface area (Å²) >= 11 is 0. The number of aromatic nitrogens is 2. The van der Waals surface area contributed by atoms with Gasteiger partial charge < -0.3 is 5.32 Å². The number of rotatable bonds is 5. The summed E-state index contributed by atoms with van der Waals surface area (Å²) in [6.45, 7) is 5.06. The molecule has 1 amide bonds. The van der Waals surface area contributed by atoms with E-state index < -0.39 is 0 Å². The van der Waals surface area contributed by atoms with E-state index in [4.69, 9.17) is 0 Å². The van der Waals surface area contributed by atoms with E-state index in [1.165, 1.54) is 0 Å². The van der Waals surface area contributed by atoms with E-state index in [2.05, 4.69) is 15.5 Å². The standard InChI is InChI=1S/C18H20N4O/c1-3-19-12-18(23)22(17-7-5-4-6-13(17)2)15-8-9-16-14(10-15)11-20-21-16/h4-11,19H,3,12H2,1-2H3,(H,20,21). The topological polar surface area (TPSA) is 61.0 Å². The minimum Gasteiger partial charge on any atom is -0.309 e. The highest BCUT2D eigenvalue weighted by Crippen LogP contribution is 2.30. The van der Waals surface area contributed by atoms with Crippen molar-refractivity contribution in [3.63, 3.8) is 0 Å². The van der Waals surface area contributed by atoms with Gasteiger partial charge in [-0.05, 0) is 43.3 Å². The number of aromatic amines is 1. The molecule has 1 aromatic heterocycles. The first-order chi connectivity index (χ1) is 11.2. The second-order valence-corrected chi connectivity index (χ2v) is 5.44. The SMILES string of the molecule is CCNCC(=O)N(c1ccc2[nH]ncc2c1)c1ccccc1C. The zero-order chi connectivity index (χ0) is 16.2. The molecule has 23 heavy (non-hydrogen) atoms. The number of para-hydroxylation sites is 1. The minimum absolute atomic E-state index is 0.0176. The fourth-order valence-corrected chi connectivity index (χ4v) is 2.61. The van der Waals surface area contributed by atoms with Gasteiger partial charge in [0.15, 0.2) is 0 Å². The van der Waals surface area contributed by atoms with Gasteiger partial charge in [0.25, 0.3) is 0 Å². The predicted octanol–water partition coefficient (Wildman–Crippen LogP) is 3.15. The van der Waals surface area contributed by atoms with Gasteiger partial charge in [0.05, 0.1) is 23.9 Å². The summed E-state index contributed by atoms with van der Waals surface area (Å²) in [5, 5.41) is 11.1. The molecule has 2 aromatic carbocycles. The highest BCUT2D eigenvalue weighted by Gasteiger charge is 2.19. The molecular weight excluding hydrogens is 288 g/mol. The summed E-state index contributed by atoms with van der Waals surface area (Å²) in [5.41, 5.74) is 3.76. The molecule has 0 aliphatic rings. The Bertz CT molecular complexity index is 825. The van der Waals surface area contributed by atoms with E-state index >= 15 is 0 Å². The van der Waals surface area contributed by atoms with Crippen molar-refractivity contribution in [3.05, 3.63) is 54.2 Å². The second kappa shape index (κ2) is 6.62. The molecule has 5 nitrogen and oxygen atoms in total. The number of likely N-dealkylation sites (N-methyl/N-ethyl adjacent to an activating group) is 1. The van der Waals surface area contributed by atoms with Crippen molar-refractivity contribution >= 4 is 28.2 Å². The van der Waals surface area contributed by atoms with Crippen LogP contribution in [0.5, 0.6) is 0 Å². The summed E-state index contributed by atoms with van der Waals surface area (Å²) in [4.78, 5) is 14.5. The summed E-state index contributed by atoms with van der Waals surface area (Å²) < 4.78 is 0. The van der Waals surface area contributed by atoms with Crippen LogP contribution in [0.15, 0.2) is 48.7 Å². The molecule has 3 rings (SSSR count). The van der Waals surface area contributed by atoms with Crippen molar-refractivity contribution in [2.75, 3.05) is 18.0 Å². The molecule has 1 heterocycles. The van der Waals surface area contributed by atoms with Crippen LogP contribution in [0.2, 0.25) is 0 Å². The Kier molecular flexibility index (Phi) is 4.39. The number of benzene rings is 2. The highest BCUT2D eigenvalue weighted by molar-refractivity contribution is 6.03. The summed E-state index contributed by atoms with van der Waals surface area (Å²) in [6, 6.07) is 13.8. The number of anilines is 2. The van der Waals surface area contributed by atoms with Gasteiger partial charge in [0.2, 0.25) is 5.91 Å². The van der Waals surface area contributed by atoms with Crippen molar-refractivity contribution in [2.24, 2.45) is 0 Å². The Hall–Kier alpha value is -2.66. The Labute approximate surface area is 135 Å². The lowest BCUT2D eigenvalue weighted by molar-refractivity contribution is -0.117. The molecule has 0 fully saturated rings. The number of amides is 1. The Balaban J connectivity index is 2.06. The molecule has 0 saturated carbocycles. The van der Waals surface area contributed by atoms with Gasteiger partial charge >= 0.3 is 0 Å². The van der Waals surface area contributed by atoms with Crippen molar-refractivity contribution < 1.29 is 4.79 Å². The van der Waals surface area contributed by atoms with E-state index in [0.717, 1.165) is 34.4 Å². The Morgan fingerprint density at radius 1 is 1.26 bits per heavy atom. The molecule has 0 saturated heterocycles. The van der Waals surface area contributed by atoms with Crippen LogP contribution in [0.3, 0.4) is 0 Å². The number of fused-ring (bicyclic) bond motifs is 1. The first kappa shape index (κ1) is 15.2. The summed E-state index contributed by atoms with van der Waals surface area (Å²) in [7, 11) is 0. The highest BCUT2D eigenvalue weighted by atomic mass is 16.2. The lowest BCUT2D eigenvalue weighted by atomic mass is 10.1. The molecule has 0 atom stereocenters. The molecule has 0 unspecified atom stereocenters. The molecule has 0 bridgehead atoms. The molecular formula is C18H20N4O. The number of hydrogen-bond acceptors (Lipinski definition) is 3. The number of nitrogens with zero attached hydrogens (tertiary/aromatic N) is 2. The average Bonchev–Trinajstić information content (AvgIpc) is 3.02. The number of aryl methyl sites for hydroxylation is 1. The third-order valence-corrected chi connectivity index (χ3v) is 3.81. The van der Waals surface area contributed by atoms with Crippen LogP contribution in [0.4, 0.5) is 11.4 Å². The first-order valence-electron chi connectivity index (χ1n) is 7.73. The quantitative estimate of drug-likeness (QED) is 0.761. The first-order valence-corrected chi connectivity index (χ1v) is 7.73. The maximum Gasteiger partial charge on any atom is 0.245 e. The second-order valence-electron chi connectivity index (χ2n) is 5.44. The molecule has 3 aromatic rings.